The number of nitrogens with one attached hydrogen (secondary N) is 1. The summed E-state index contributed by atoms with van der Waals surface area (Å²) in [6.07, 6.45) is 0.697. The van der Waals surface area contributed by atoms with Crippen LogP contribution in [0.4, 0.5) is 0 Å². The minimum absolute atomic E-state index is 0.0537. The van der Waals surface area contributed by atoms with Crippen LogP contribution in [0.25, 0.3) is 0 Å². The molecule has 0 bridgehead atoms. The van der Waals surface area contributed by atoms with Gasteiger partial charge in [-0.25, -0.2) is 0 Å². The van der Waals surface area contributed by atoms with Crippen LogP contribution in [0.2, 0.25) is 0 Å². The number of hydrogen-bond acceptors (Lipinski definition) is 3. The number of rotatable bonds is 1. The lowest BCUT2D eigenvalue weighted by molar-refractivity contribution is -0.129. The third-order valence-corrected chi connectivity index (χ3v) is 3.87. The Morgan fingerprint density at radius 3 is 2.79 bits per heavy atom. The van der Waals surface area contributed by atoms with E-state index in [1.54, 1.807) is 4.90 Å². The van der Waals surface area contributed by atoms with E-state index in [4.69, 9.17) is 0 Å². The van der Waals surface area contributed by atoms with Gasteiger partial charge in [-0.1, -0.05) is 18.2 Å². The number of carbonyl (C=O) groups is 2. The topological polar surface area (TPSA) is 69.6 Å². The fourth-order valence-corrected chi connectivity index (χ4v) is 2.86. The summed E-state index contributed by atoms with van der Waals surface area (Å²) in [6, 6.07) is 7.23. The van der Waals surface area contributed by atoms with Gasteiger partial charge in [0.2, 0.25) is 5.91 Å². The second kappa shape index (κ2) is 4.66. The molecule has 0 radical (unpaired) electrons. The molecule has 0 aromatic heterocycles. The van der Waals surface area contributed by atoms with Crippen LogP contribution in [0.5, 0.6) is 0 Å². The lowest BCUT2D eigenvalue weighted by Gasteiger charge is -2.40. The maximum absolute atomic E-state index is 12.4. The quantitative estimate of drug-likeness (QED) is 0.762. The Morgan fingerprint density at radius 1 is 1.21 bits per heavy atom. The van der Waals surface area contributed by atoms with Crippen molar-refractivity contribution in [2.24, 2.45) is 0 Å². The summed E-state index contributed by atoms with van der Waals surface area (Å²) in [5.41, 5.74) is 1.76. The number of hydrogen-bond donors (Lipinski definition) is 2. The first-order valence-electron chi connectivity index (χ1n) is 6.53. The molecule has 0 saturated carbocycles. The number of benzene rings is 1. The molecule has 1 aromatic carbocycles. The van der Waals surface area contributed by atoms with Crippen molar-refractivity contribution in [3.63, 3.8) is 0 Å². The molecule has 2 aliphatic rings. The molecule has 1 saturated heterocycles. The van der Waals surface area contributed by atoms with Crippen molar-refractivity contribution in [2.45, 2.75) is 31.5 Å². The fourth-order valence-electron chi connectivity index (χ4n) is 2.86. The number of fused-ring (bicyclic) bond motifs is 1. The molecular formula is C14H16N2O3. The van der Waals surface area contributed by atoms with Crippen molar-refractivity contribution >= 4 is 11.8 Å². The van der Waals surface area contributed by atoms with E-state index in [0.717, 1.165) is 12.0 Å². The Kier molecular flexibility index (Phi) is 2.98. The normalized spacial score (nSPS) is 26.9. The van der Waals surface area contributed by atoms with Gasteiger partial charge in [0.25, 0.3) is 5.91 Å². The van der Waals surface area contributed by atoms with Crippen molar-refractivity contribution < 1.29 is 14.7 Å². The van der Waals surface area contributed by atoms with E-state index in [1.807, 2.05) is 24.3 Å². The zero-order chi connectivity index (χ0) is 13.4. The minimum Gasteiger partial charge on any atom is -0.372 e. The van der Waals surface area contributed by atoms with Gasteiger partial charge in [-0.05, 0) is 24.5 Å². The molecule has 2 atom stereocenters. The molecular weight excluding hydrogens is 244 g/mol. The Balaban J connectivity index is 1.84. The second-order valence-electron chi connectivity index (χ2n) is 5.02. The van der Waals surface area contributed by atoms with Gasteiger partial charge < -0.3 is 15.3 Å². The molecule has 100 valence electrons. The molecule has 0 aliphatic carbocycles. The van der Waals surface area contributed by atoms with Crippen molar-refractivity contribution in [3.8, 4) is 0 Å². The van der Waals surface area contributed by atoms with Gasteiger partial charge in [-0.3, -0.25) is 9.59 Å². The van der Waals surface area contributed by atoms with Crippen LogP contribution in [0, 0.1) is 0 Å². The van der Waals surface area contributed by atoms with Crippen LogP contribution in [0.3, 0.4) is 0 Å². The Labute approximate surface area is 111 Å². The molecule has 2 heterocycles. The maximum atomic E-state index is 12.4. The number of nitrogens with zero attached hydrogens (tertiary/aromatic N) is 1. The predicted molar refractivity (Wildman–Crippen MR) is 68.4 cm³/mol. The molecule has 2 unspecified atom stereocenters. The highest BCUT2D eigenvalue weighted by Crippen LogP contribution is 2.24. The first kappa shape index (κ1) is 12.2. The average Bonchev–Trinajstić information content (AvgIpc) is 2.41. The number of aliphatic hydroxyl groups is 1. The van der Waals surface area contributed by atoms with Gasteiger partial charge in [0.15, 0.2) is 0 Å². The first-order valence-corrected chi connectivity index (χ1v) is 6.53. The number of amides is 2. The zero-order valence-corrected chi connectivity index (χ0v) is 10.5. The largest absolute Gasteiger partial charge is 0.372 e. The van der Waals surface area contributed by atoms with Gasteiger partial charge in [0, 0.05) is 18.5 Å². The lowest BCUT2D eigenvalue weighted by atomic mass is 9.95. The summed E-state index contributed by atoms with van der Waals surface area (Å²) in [7, 11) is 0. The van der Waals surface area contributed by atoms with Crippen LogP contribution < -0.4 is 5.32 Å². The van der Waals surface area contributed by atoms with Crippen LogP contribution in [0.1, 0.15) is 28.8 Å². The number of piperidine rings is 1. The molecule has 2 N–H and O–H groups in total. The van der Waals surface area contributed by atoms with E-state index < -0.39 is 6.23 Å². The molecule has 0 spiro atoms. The smallest absolute Gasteiger partial charge is 0.254 e. The Bertz CT molecular complexity index is 529. The summed E-state index contributed by atoms with van der Waals surface area (Å²) >= 11 is 0. The van der Waals surface area contributed by atoms with E-state index in [1.165, 1.54) is 0 Å². The third kappa shape index (κ3) is 2.10. The number of aliphatic hydroxyl groups excluding tert-OH is 1. The predicted octanol–water partition coefficient (Wildman–Crippen LogP) is 0.282. The molecule has 1 fully saturated rings. The highest BCUT2D eigenvalue weighted by molar-refractivity contribution is 5.97. The molecule has 5 nitrogen and oxygen atoms in total. The molecule has 19 heavy (non-hydrogen) atoms. The van der Waals surface area contributed by atoms with Crippen LogP contribution >= 0.6 is 0 Å². The third-order valence-electron chi connectivity index (χ3n) is 3.87. The van der Waals surface area contributed by atoms with Crippen LogP contribution in [-0.2, 0) is 11.2 Å². The summed E-state index contributed by atoms with van der Waals surface area (Å²) < 4.78 is 0. The molecule has 2 amide bonds. The van der Waals surface area contributed by atoms with E-state index in [9.17, 15) is 14.7 Å². The Hall–Kier alpha value is -1.88. The van der Waals surface area contributed by atoms with Crippen molar-refractivity contribution in [1.82, 2.24) is 10.2 Å². The molecule has 1 aromatic rings. The van der Waals surface area contributed by atoms with E-state index in [-0.39, 0.29) is 17.9 Å². The van der Waals surface area contributed by atoms with E-state index >= 15 is 0 Å². The molecule has 3 rings (SSSR count). The monoisotopic (exact) mass is 260 g/mol. The first-order chi connectivity index (χ1) is 9.16. The standard InChI is InChI=1S/C14H16N2O3/c17-12-6-5-11(13(18)15-12)16-8-7-9-3-1-2-4-10(9)14(16)19/h1-4,11,13,18H,5-8H2,(H,15,17). The van der Waals surface area contributed by atoms with Gasteiger partial charge in [0.1, 0.15) is 6.23 Å². The van der Waals surface area contributed by atoms with Crippen LogP contribution in [0.15, 0.2) is 24.3 Å². The number of carbonyl (C=O) groups excluding carboxylic acids is 2. The van der Waals surface area contributed by atoms with Crippen molar-refractivity contribution in [1.29, 1.82) is 0 Å². The second-order valence-corrected chi connectivity index (χ2v) is 5.02. The van der Waals surface area contributed by atoms with E-state index in [0.29, 0.717) is 24.9 Å². The summed E-state index contributed by atoms with van der Waals surface area (Å²) in [5.74, 6) is -0.212. The molecule has 5 heteroatoms. The fraction of sp³-hybridized carbons (Fsp3) is 0.429. The molecule has 2 aliphatic heterocycles. The van der Waals surface area contributed by atoms with Gasteiger partial charge in [-0.2, -0.15) is 0 Å². The van der Waals surface area contributed by atoms with E-state index in [2.05, 4.69) is 5.32 Å². The van der Waals surface area contributed by atoms with Gasteiger partial charge >= 0.3 is 0 Å². The minimum atomic E-state index is -0.963. The highest BCUT2D eigenvalue weighted by atomic mass is 16.3. The Morgan fingerprint density at radius 2 is 2.00 bits per heavy atom. The van der Waals surface area contributed by atoms with Crippen molar-refractivity contribution in [2.75, 3.05) is 6.54 Å². The van der Waals surface area contributed by atoms with Crippen LogP contribution in [-0.4, -0.2) is 40.6 Å². The van der Waals surface area contributed by atoms with Gasteiger partial charge in [0.05, 0.1) is 6.04 Å². The summed E-state index contributed by atoms with van der Waals surface area (Å²) in [4.78, 5) is 25.3. The highest BCUT2D eigenvalue weighted by Gasteiger charge is 2.36. The summed E-state index contributed by atoms with van der Waals surface area (Å²) in [5, 5.41) is 12.4. The lowest BCUT2D eigenvalue weighted by Crippen LogP contribution is -2.58. The van der Waals surface area contributed by atoms with Crippen molar-refractivity contribution in [3.05, 3.63) is 35.4 Å². The van der Waals surface area contributed by atoms with Gasteiger partial charge in [-0.15, -0.1) is 0 Å². The zero-order valence-electron chi connectivity index (χ0n) is 10.5. The summed E-state index contributed by atoms with van der Waals surface area (Å²) in [6.45, 7) is 0.591. The average molecular weight is 260 g/mol. The maximum Gasteiger partial charge on any atom is 0.254 e. The SMILES string of the molecule is O=C1CCC(N2CCc3ccccc3C2=O)C(O)N1.